The van der Waals surface area contributed by atoms with Gasteiger partial charge >= 0.3 is 24.4 Å². The van der Waals surface area contributed by atoms with Gasteiger partial charge in [-0.2, -0.15) is 0 Å². The molecule has 0 aliphatic carbocycles. The van der Waals surface area contributed by atoms with Crippen molar-refractivity contribution in [2.45, 2.75) is 85.4 Å². The van der Waals surface area contributed by atoms with Crippen molar-refractivity contribution in [1.82, 2.24) is 16.0 Å². The fourth-order valence-electron chi connectivity index (χ4n) is 2.80. The maximum Gasteiger partial charge on any atom is 0.407 e. The highest BCUT2D eigenvalue weighted by Gasteiger charge is 2.17. The number of carbonyl (C=O) groups excluding carboxylic acids is 2. The molecular weight excluding hydrogens is 472 g/mol. The number of hydrogen-bond acceptors (Lipinski definition) is 6. The lowest BCUT2D eigenvalue weighted by molar-refractivity contribution is 0.0513. The number of primary amides is 1. The summed E-state index contributed by atoms with van der Waals surface area (Å²) in [7, 11) is 0. The first kappa shape index (κ1) is 35.0. The molecule has 0 aromatic carbocycles. The maximum absolute atomic E-state index is 11.8. The first-order chi connectivity index (χ1) is 16.4. The molecule has 0 heterocycles. The first-order valence-corrected chi connectivity index (χ1v) is 12.0. The minimum Gasteiger partial charge on any atom is -0.465 e. The minimum absolute atomic E-state index is 0.0876. The molecule has 0 spiro atoms. The predicted octanol–water partition coefficient (Wildman–Crippen LogP) is 4.30. The van der Waals surface area contributed by atoms with Gasteiger partial charge in [-0.15, -0.1) is 0 Å². The van der Waals surface area contributed by atoms with Crippen molar-refractivity contribution in [3.05, 3.63) is 12.2 Å². The van der Waals surface area contributed by atoms with Gasteiger partial charge in [-0.3, -0.25) is 0 Å². The number of ether oxygens (including phenoxy) is 2. The molecule has 12 nitrogen and oxygen atoms in total. The Morgan fingerprint density at radius 3 is 1.42 bits per heavy atom. The molecule has 0 bridgehead atoms. The molecule has 0 fully saturated rings. The number of nitrogens with one attached hydrogen (secondary N) is 3. The van der Waals surface area contributed by atoms with Crippen LogP contribution in [0.5, 0.6) is 0 Å². The SMILES string of the molecule is CCC(C=CC(CCNC(=O)O)CCNC(=O)OC(C)(C)C)CCNC(=O)OC(C)(C)C.NC(=O)O. The Bertz CT molecular complexity index is 695. The quantitative estimate of drug-likeness (QED) is 0.206. The second-order valence-electron chi connectivity index (χ2n) is 10.1. The molecule has 7 N–H and O–H groups in total. The molecule has 0 saturated heterocycles. The highest BCUT2D eigenvalue weighted by molar-refractivity contribution is 5.68. The van der Waals surface area contributed by atoms with Crippen molar-refractivity contribution in [3.8, 4) is 0 Å². The highest BCUT2D eigenvalue weighted by Crippen LogP contribution is 2.16. The van der Waals surface area contributed by atoms with E-state index in [1.165, 1.54) is 0 Å². The number of amides is 4. The minimum atomic E-state index is -1.33. The van der Waals surface area contributed by atoms with Gasteiger partial charge < -0.3 is 41.4 Å². The smallest absolute Gasteiger partial charge is 0.407 e. The largest absolute Gasteiger partial charge is 0.465 e. The number of carbonyl (C=O) groups is 4. The van der Waals surface area contributed by atoms with E-state index in [2.05, 4.69) is 40.8 Å². The summed E-state index contributed by atoms with van der Waals surface area (Å²) >= 11 is 0. The zero-order chi connectivity index (χ0) is 28.4. The Labute approximate surface area is 214 Å². The second kappa shape index (κ2) is 18.1. The van der Waals surface area contributed by atoms with Crippen LogP contribution in [0.2, 0.25) is 0 Å². The van der Waals surface area contributed by atoms with Crippen molar-refractivity contribution < 1.29 is 38.9 Å². The van der Waals surface area contributed by atoms with Crippen molar-refractivity contribution in [1.29, 1.82) is 0 Å². The van der Waals surface area contributed by atoms with Crippen molar-refractivity contribution >= 4 is 24.4 Å². The van der Waals surface area contributed by atoms with Gasteiger partial charge in [0.2, 0.25) is 0 Å². The van der Waals surface area contributed by atoms with Crippen LogP contribution in [0.3, 0.4) is 0 Å². The number of allylic oxidation sites excluding steroid dienone is 2. The van der Waals surface area contributed by atoms with Gasteiger partial charge in [-0.1, -0.05) is 19.1 Å². The number of carboxylic acid groups (broad SMARTS) is 2. The Hall–Kier alpha value is -3.18. The molecule has 4 amide bonds. The summed E-state index contributed by atoms with van der Waals surface area (Å²) in [6.45, 7) is 14.2. The molecular formula is C24H46N4O8. The third-order valence-corrected chi connectivity index (χ3v) is 4.34. The Balaban J connectivity index is 0. The van der Waals surface area contributed by atoms with E-state index in [9.17, 15) is 14.4 Å². The lowest BCUT2D eigenvalue weighted by Crippen LogP contribution is -2.33. The topological polar surface area (TPSA) is 189 Å². The normalized spacial score (nSPS) is 13.0. The van der Waals surface area contributed by atoms with E-state index >= 15 is 0 Å². The maximum atomic E-state index is 11.8. The van der Waals surface area contributed by atoms with Gasteiger partial charge in [0.25, 0.3) is 0 Å². The number of nitrogens with two attached hydrogens (primary N) is 1. The van der Waals surface area contributed by atoms with E-state index in [1.807, 2.05) is 20.8 Å². The fourth-order valence-corrected chi connectivity index (χ4v) is 2.80. The predicted molar refractivity (Wildman–Crippen MR) is 137 cm³/mol. The van der Waals surface area contributed by atoms with E-state index in [0.29, 0.717) is 32.5 Å². The molecule has 0 aliphatic rings. The summed E-state index contributed by atoms with van der Waals surface area (Å²) in [6.07, 6.45) is 3.84. The van der Waals surface area contributed by atoms with Crippen LogP contribution in [0.1, 0.15) is 74.1 Å². The summed E-state index contributed by atoms with van der Waals surface area (Å²) in [5.41, 5.74) is 2.94. The van der Waals surface area contributed by atoms with E-state index in [1.54, 1.807) is 20.8 Å². The van der Waals surface area contributed by atoms with Crippen LogP contribution in [-0.2, 0) is 9.47 Å². The first-order valence-electron chi connectivity index (χ1n) is 12.0. The molecule has 2 atom stereocenters. The van der Waals surface area contributed by atoms with Gasteiger partial charge in [0.15, 0.2) is 0 Å². The van der Waals surface area contributed by atoms with Gasteiger partial charge in [-0.25, -0.2) is 19.2 Å². The van der Waals surface area contributed by atoms with Crippen LogP contribution in [0.25, 0.3) is 0 Å². The van der Waals surface area contributed by atoms with Crippen LogP contribution >= 0.6 is 0 Å². The third kappa shape index (κ3) is 27.1. The molecule has 0 aliphatic heterocycles. The Morgan fingerprint density at radius 1 is 0.750 bits per heavy atom. The van der Waals surface area contributed by atoms with Crippen LogP contribution < -0.4 is 21.7 Å². The van der Waals surface area contributed by atoms with Gasteiger partial charge in [-0.05, 0) is 79.1 Å². The molecule has 12 heteroatoms. The summed E-state index contributed by atoms with van der Waals surface area (Å²) in [6, 6.07) is 0. The van der Waals surface area contributed by atoms with Gasteiger partial charge in [0.1, 0.15) is 11.2 Å². The summed E-state index contributed by atoms with van der Waals surface area (Å²) in [5.74, 6) is 0.350. The average Bonchev–Trinajstić information content (AvgIpc) is 2.66. The number of hydrogen-bond donors (Lipinski definition) is 6. The zero-order valence-corrected chi connectivity index (χ0v) is 22.7. The fraction of sp³-hybridized carbons (Fsp3) is 0.750. The molecule has 0 saturated carbocycles. The van der Waals surface area contributed by atoms with Gasteiger partial charge in [0.05, 0.1) is 0 Å². The molecule has 2 unspecified atom stereocenters. The van der Waals surface area contributed by atoms with Crippen LogP contribution in [-0.4, -0.2) is 65.4 Å². The summed E-state index contributed by atoms with van der Waals surface area (Å²) < 4.78 is 10.5. The van der Waals surface area contributed by atoms with Crippen LogP contribution in [0.4, 0.5) is 19.2 Å². The van der Waals surface area contributed by atoms with Crippen LogP contribution in [0.15, 0.2) is 12.2 Å². The molecule has 0 radical (unpaired) electrons. The molecule has 0 aromatic rings. The van der Waals surface area contributed by atoms with E-state index in [-0.39, 0.29) is 11.8 Å². The van der Waals surface area contributed by atoms with Crippen LogP contribution in [0, 0.1) is 11.8 Å². The molecule has 0 aromatic heterocycles. The number of rotatable bonds is 12. The Kier molecular flexibility index (Phi) is 17.6. The van der Waals surface area contributed by atoms with E-state index in [0.717, 1.165) is 12.8 Å². The lowest BCUT2D eigenvalue weighted by atomic mass is 9.95. The summed E-state index contributed by atoms with van der Waals surface area (Å²) in [4.78, 5) is 43.1. The zero-order valence-electron chi connectivity index (χ0n) is 22.7. The van der Waals surface area contributed by atoms with E-state index < -0.39 is 35.6 Å². The van der Waals surface area contributed by atoms with Gasteiger partial charge in [0, 0.05) is 19.6 Å². The molecule has 0 rings (SSSR count). The van der Waals surface area contributed by atoms with Crippen molar-refractivity contribution in [2.75, 3.05) is 19.6 Å². The molecule has 210 valence electrons. The van der Waals surface area contributed by atoms with E-state index in [4.69, 9.17) is 24.5 Å². The number of alkyl carbamates (subject to hydrolysis) is 2. The second-order valence-corrected chi connectivity index (χ2v) is 10.1. The average molecular weight is 519 g/mol. The monoisotopic (exact) mass is 518 g/mol. The third-order valence-electron chi connectivity index (χ3n) is 4.34. The molecule has 36 heavy (non-hydrogen) atoms. The highest BCUT2D eigenvalue weighted by atomic mass is 16.6. The standard InChI is InChI=1S/C23H43N3O6.CH3NO2/c1-8-17(11-15-25-20(29)31-22(2,3)4)9-10-18(12-14-24-19(27)28)13-16-26-21(30)32-23(5,6)7;2-1(3)4/h9-10,17-18,24H,8,11-16H2,1-7H3,(H,25,29)(H,26,30)(H,27,28);2H2,(H,3,4). The lowest BCUT2D eigenvalue weighted by Gasteiger charge is -2.21. The summed E-state index contributed by atoms with van der Waals surface area (Å²) in [5, 5.41) is 23.9. The Morgan fingerprint density at radius 2 is 1.08 bits per heavy atom. The van der Waals surface area contributed by atoms with Crippen molar-refractivity contribution in [2.24, 2.45) is 17.6 Å². The van der Waals surface area contributed by atoms with Crippen molar-refractivity contribution in [3.63, 3.8) is 0 Å².